The molecule has 2 atom stereocenters. The molecule has 1 amide bonds. The Hall–Kier alpha value is -2.40. The Balaban J connectivity index is 1.25. The number of nitrogens with one attached hydrogen (secondary N) is 1. The van der Waals surface area contributed by atoms with Gasteiger partial charge in [-0.1, -0.05) is 25.0 Å². The third-order valence-electron chi connectivity index (χ3n) is 7.30. The summed E-state index contributed by atoms with van der Waals surface area (Å²) < 4.78 is 0. The van der Waals surface area contributed by atoms with Crippen molar-refractivity contribution in [2.24, 2.45) is 23.2 Å². The molecule has 4 saturated carbocycles. The van der Waals surface area contributed by atoms with Crippen LogP contribution in [0.25, 0.3) is 0 Å². The van der Waals surface area contributed by atoms with Crippen LogP contribution in [-0.4, -0.2) is 21.2 Å². The van der Waals surface area contributed by atoms with E-state index in [1.165, 1.54) is 25.7 Å². The number of hydrogen-bond donors (Lipinski definition) is 2. The second-order valence-corrected chi connectivity index (χ2v) is 9.46. The number of carbonyl (C=O) groups is 1. The number of hydroxylamine groups is 2. The van der Waals surface area contributed by atoms with E-state index in [2.05, 4.69) is 10.3 Å². The van der Waals surface area contributed by atoms with Gasteiger partial charge in [0.2, 0.25) is 0 Å². The average molecular weight is 392 g/mol. The van der Waals surface area contributed by atoms with Gasteiger partial charge in [0.1, 0.15) is 0 Å². The van der Waals surface area contributed by atoms with Crippen LogP contribution >= 0.6 is 0 Å². The topological polar surface area (TPSA) is 65.5 Å². The van der Waals surface area contributed by atoms with Crippen molar-refractivity contribution in [2.75, 3.05) is 5.32 Å². The second kappa shape index (κ2) is 7.45. The van der Waals surface area contributed by atoms with Crippen molar-refractivity contribution in [2.45, 2.75) is 51.5 Å². The highest BCUT2D eigenvalue weighted by molar-refractivity contribution is 5.82. The van der Waals surface area contributed by atoms with Crippen molar-refractivity contribution in [3.05, 3.63) is 54.4 Å². The van der Waals surface area contributed by atoms with Gasteiger partial charge in [0, 0.05) is 23.8 Å². The molecule has 2 aromatic rings. The standard InChI is InChI=1S/C24H29N3O2/c28-23(24-13-18-1-2-19(14-24)12-20(11-18)15-24)27(29)16-17-3-5-21(6-4-17)26-22-7-9-25-10-8-22/h3-10,18-20,29H,1-2,11-16H2,(H,25,26). The first kappa shape index (κ1) is 18.6. The first-order chi connectivity index (χ1) is 14.1. The predicted octanol–water partition coefficient (Wildman–Crippen LogP) is 5.15. The Kier molecular flexibility index (Phi) is 4.78. The molecule has 6 rings (SSSR count). The Labute approximate surface area is 172 Å². The van der Waals surface area contributed by atoms with Crippen LogP contribution < -0.4 is 5.32 Å². The number of amides is 1. The fourth-order valence-corrected chi connectivity index (χ4v) is 6.27. The highest BCUT2D eigenvalue weighted by Crippen LogP contribution is 2.58. The molecule has 1 aromatic heterocycles. The normalized spacial score (nSPS) is 30.0. The van der Waals surface area contributed by atoms with Crippen LogP contribution in [-0.2, 0) is 11.3 Å². The molecule has 0 saturated heterocycles. The molecule has 0 spiro atoms. The van der Waals surface area contributed by atoms with Gasteiger partial charge in [0.05, 0.1) is 12.0 Å². The van der Waals surface area contributed by atoms with Gasteiger partial charge in [-0.3, -0.25) is 15.0 Å². The van der Waals surface area contributed by atoms with Crippen LogP contribution in [0.4, 0.5) is 11.4 Å². The molecule has 4 fully saturated rings. The molecule has 2 N–H and O–H groups in total. The third kappa shape index (κ3) is 3.76. The molecule has 5 heteroatoms. The van der Waals surface area contributed by atoms with Crippen molar-refractivity contribution in [1.82, 2.24) is 10.0 Å². The molecule has 4 aliphatic rings. The number of rotatable bonds is 5. The summed E-state index contributed by atoms with van der Waals surface area (Å²) in [4.78, 5) is 17.3. The minimum Gasteiger partial charge on any atom is -0.355 e. The maximum Gasteiger partial charge on any atom is 0.252 e. The van der Waals surface area contributed by atoms with E-state index in [4.69, 9.17) is 0 Å². The van der Waals surface area contributed by atoms with Crippen LogP contribution in [0.1, 0.15) is 50.5 Å². The maximum absolute atomic E-state index is 13.3. The summed E-state index contributed by atoms with van der Waals surface area (Å²) in [5.74, 6) is 2.00. The lowest BCUT2D eigenvalue weighted by atomic mass is 9.58. The van der Waals surface area contributed by atoms with E-state index in [0.717, 1.165) is 41.3 Å². The van der Waals surface area contributed by atoms with E-state index in [1.54, 1.807) is 12.4 Å². The van der Waals surface area contributed by atoms with E-state index in [1.807, 2.05) is 36.4 Å². The number of nitrogens with zero attached hydrogens (tertiary/aromatic N) is 2. The summed E-state index contributed by atoms with van der Waals surface area (Å²) in [6.45, 7) is 0.246. The lowest BCUT2D eigenvalue weighted by Crippen LogP contribution is -2.49. The quantitative estimate of drug-likeness (QED) is 0.546. The second-order valence-electron chi connectivity index (χ2n) is 9.46. The molecular weight excluding hydrogens is 362 g/mol. The monoisotopic (exact) mass is 391 g/mol. The van der Waals surface area contributed by atoms with Crippen molar-refractivity contribution < 1.29 is 10.0 Å². The number of aromatic nitrogens is 1. The molecule has 1 heterocycles. The molecule has 0 aliphatic heterocycles. The Morgan fingerprint density at radius 3 is 2.21 bits per heavy atom. The largest absolute Gasteiger partial charge is 0.355 e. The number of anilines is 2. The van der Waals surface area contributed by atoms with Gasteiger partial charge in [0.25, 0.3) is 5.91 Å². The lowest BCUT2D eigenvalue weighted by molar-refractivity contribution is -0.187. The lowest BCUT2D eigenvalue weighted by Gasteiger charge is -2.47. The van der Waals surface area contributed by atoms with Crippen LogP contribution in [0.2, 0.25) is 0 Å². The van der Waals surface area contributed by atoms with Gasteiger partial charge in [-0.2, -0.15) is 0 Å². The number of benzene rings is 1. The fourth-order valence-electron chi connectivity index (χ4n) is 6.27. The molecule has 1 aromatic carbocycles. The Bertz CT molecular complexity index is 851. The number of fused-ring (bicyclic) bond motifs is 1. The first-order valence-electron chi connectivity index (χ1n) is 10.9. The summed E-state index contributed by atoms with van der Waals surface area (Å²) in [5.41, 5.74) is 2.56. The molecule has 152 valence electrons. The Morgan fingerprint density at radius 2 is 1.55 bits per heavy atom. The first-order valence-corrected chi connectivity index (χ1v) is 10.9. The van der Waals surface area contributed by atoms with Crippen molar-refractivity contribution >= 4 is 17.3 Å². The number of carbonyl (C=O) groups excluding carboxylic acids is 1. The van der Waals surface area contributed by atoms with Crippen LogP contribution in [0.3, 0.4) is 0 Å². The summed E-state index contributed by atoms with van der Waals surface area (Å²) in [6, 6.07) is 11.7. The van der Waals surface area contributed by atoms with E-state index in [0.29, 0.717) is 17.8 Å². The SMILES string of the molecule is O=C(N(O)Cc1ccc(Nc2ccncc2)cc1)C12CC3CCC(CC(C3)C1)C2. The van der Waals surface area contributed by atoms with Gasteiger partial charge >= 0.3 is 0 Å². The zero-order valence-corrected chi connectivity index (χ0v) is 16.8. The molecule has 2 unspecified atom stereocenters. The van der Waals surface area contributed by atoms with E-state index in [-0.39, 0.29) is 17.9 Å². The molecular formula is C24H29N3O2. The molecule has 29 heavy (non-hydrogen) atoms. The minimum atomic E-state index is -0.315. The van der Waals surface area contributed by atoms with Gasteiger partial charge in [-0.15, -0.1) is 0 Å². The van der Waals surface area contributed by atoms with Crippen molar-refractivity contribution in [3.8, 4) is 0 Å². The molecule has 0 radical (unpaired) electrons. The van der Waals surface area contributed by atoms with Crippen LogP contribution in [0.5, 0.6) is 0 Å². The van der Waals surface area contributed by atoms with Crippen LogP contribution in [0.15, 0.2) is 48.8 Å². The number of hydrogen-bond acceptors (Lipinski definition) is 4. The highest BCUT2D eigenvalue weighted by atomic mass is 16.5. The number of pyridine rings is 1. The summed E-state index contributed by atoms with van der Waals surface area (Å²) >= 11 is 0. The van der Waals surface area contributed by atoms with E-state index in [9.17, 15) is 10.0 Å². The summed E-state index contributed by atoms with van der Waals surface area (Å²) in [7, 11) is 0. The van der Waals surface area contributed by atoms with Gasteiger partial charge in [0.15, 0.2) is 0 Å². The van der Waals surface area contributed by atoms with E-state index < -0.39 is 0 Å². The third-order valence-corrected chi connectivity index (χ3v) is 7.30. The van der Waals surface area contributed by atoms with E-state index >= 15 is 0 Å². The predicted molar refractivity (Wildman–Crippen MR) is 112 cm³/mol. The molecule has 5 nitrogen and oxygen atoms in total. The highest BCUT2D eigenvalue weighted by Gasteiger charge is 2.53. The van der Waals surface area contributed by atoms with Gasteiger partial charge < -0.3 is 5.32 Å². The molecule has 4 aliphatic carbocycles. The summed E-state index contributed by atoms with van der Waals surface area (Å²) in [6.07, 6.45) is 11.6. The Morgan fingerprint density at radius 1 is 0.966 bits per heavy atom. The molecule has 4 bridgehead atoms. The smallest absolute Gasteiger partial charge is 0.252 e. The average Bonchev–Trinajstić information content (AvgIpc) is 2.95. The summed E-state index contributed by atoms with van der Waals surface area (Å²) in [5, 5.41) is 15.0. The fraction of sp³-hybridized carbons (Fsp3) is 0.500. The van der Waals surface area contributed by atoms with Crippen molar-refractivity contribution in [1.29, 1.82) is 0 Å². The van der Waals surface area contributed by atoms with Crippen LogP contribution in [0, 0.1) is 23.2 Å². The van der Waals surface area contributed by atoms with Gasteiger partial charge in [-0.05, 0) is 79.7 Å². The minimum absolute atomic E-state index is 0.0437. The van der Waals surface area contributed by atoms with Gasteiger partial charge in [-0.25, -0.2) is 5.06 Å². The van der Waals surface area contributed by atoms with Crippen molar-refractivity contribution in [3.63, 3.8) is 0 Å². The maximum atomic E-state index is 13.3. The zero-order valence-electron chi connectivity index (χ0n) is 16.8. The zero-order chi connectivity index (χ0) is 19.8.